The highest BCUT2D eigenvalue weighted by molar-refractivity contribution is 5.79. The lowest BCUT2D eigenvalue weighted by Crippen LogP contribution is -2.43. The number of carbonyl (C=O) groups excluding carboxylic acids is 3. The summed E-state index contributed by atoms with van der Waals surface area (Å²) < 4.78 is 4.52. The Labute approximate surface area is 93.7 Å². The Kier molecular flexibility index (Phi) is 6.09. The lowest BCUT2D eigenvalue weighted by atomic mass is 10.1. The quantitative estimate of drug-likeness (QED) is 0.495. The molecule has 0 aliphatic rings. The number of hydrogen-bond donors (Lipinski definition) is 2. The zero-order valence-corrected chi connectivity index (χ0v) is 9.43. The Hall–Kier alpha value is -1.63. The molecule has 0 saturated carbocycles. The molecule has 0 spiro atoms. The van der Waals surface area contributed by atoms with Crippen molar-refractivity contribution in [3.8, 4) is 0 Å². The van der Waals surface area contributed by atoms with Crippen LogP contribution >= 0.6 is 0 Å². The Morgan fingerprint density at radius 1 is 1.19 bits per heavy atom. The van der Waals surface area contributed by atoms with Crippen LogP contribution in [-0.2, 0) is 19.1 Å². The van der Waals surface area contributed by atoms with Crippen LogP contribution in [0.15, 0.2) is 0 Å². The number of primary amides is 2. The van der Waals surface area contributed by atoms with Gasteiger partial charge in [0.1, 0.15) is 0 Å². The minimum Gasteiger partial charge on any atom is -0.469 e. The lowest BCUT2D eigenvalue weighted by Gasteiger charge is -2.21. The van der Waals surface area contributed by atoms with Crippen molar-refractivity contribution in [1.82, 2.24) is 4.90 Å². The Balaban J connectivity index is 4.34. The van der Waals surface area contributed by atoms with Crippen LogP contribution in [0.25, 0.3) is 0 Å². The number of nitrogens with two attached hydrogens (primary N) is 2. The summed E-state index contributed by atoms with van der Waals surface area (Å²) >= 11 is 0. The van der Waals surface area contributed by atoms with E-state index >= 15 is 0 Å². The van der Waals surface area contributed by atoms with E-state index < -0.39 is 23.7 Å². The number of methoxy groups -OCH3 is 1. The molecule has 0 radical (unpaired) electrons. The zero-order chi connectivity index (χ0) is 12.7. The molecule has 7 heteroatoms. The molecule has 1 unspecified atom stereocenters. The summed E-state index contributed by atoms with van der Waals surface area (Å²) in [7, 11) is 1.27. The van der Waals surface area contributed by atoms with Gasteiger partial charge >= 0.3 is 5.97 Å². The number of carbonyl (C=O) groups is 3. The SMILES string of the molecule is COC(=O)C(C)CN(CC(N)=O)CC(N)=O. The second-order valence-corrected chi connectivity index (χ2v) is 3.53. The average Bonchev–Trinajstić information content (AvgIpc) is 2.14. The number of hydrogen-bond acceptors (Lipinski definition) is 5. The summed E-state index contributed by atoms with van der Waals surface area (Å²) in [5, 5.41) is 0. The number of ether oxygens (including phenoxy) is 1. The van der Waals surface area contributed by atoms with E-state index in [-0.39, 0.29) is 19.6 Å². The largest absolute Gasteiger partial charge is 0.469 e. The van der Waals surface area contributed by atoms with Crippen molar-refractivity contribution in [2.24, 2.45) is 17.4 Å². The van der Waals surface area contributed by atoms with Gasteiger partial charge < -0.3 is 16.2 Å². The van der Waals surface area contributed by atoms with Gasteiger partial charge in [-0.3, -0.25) is 19.3 Å². The van der Waals surface area contributed by atoms with Crippen LogP contribution in [0.4, 0.5) is 0 Å². The van der Waals surface area contributed by atoms with Crippen LogP contribution in [0, 0.1) is 5.92 Å². The van der Waals surface area contributed by atoms with Gasteiger partial charge in [0.15, 0.2) is 0 Å². The zero-order valence-electron chi connectivity index (χ0n) is 9.43. The summed E-state index contributed by atoms with van der Waals surface area (Å²) in [4.78, 5) is 34.0. The van der Waals surface area contributed by atoms with Gasteiger partial charge in [-0.1, -0.05) is 6.92 Å². The van der Waals surface area contributed by atoms with Crippen LogP contribution in [0.2, 0.25) is 0 Å². The first-order chi connectivity index (χ1) is 7.36. The molecule has 0 heterocycles. The molecule has 0 saturated heterocycles. The minimum atomic E-state index is -0.585. The van der Waals surface area contributed by atoms with Crippen LogP contribution in [0.1, 0.15) is 6.92 Å². The molecule has 1 atom stereocenters. The van der Waals surface area contributed by atoms with Crippen LogP contribution in [0.3, 0.4) is 0 Å². The monoisotopic (exact) mass is 231 g/mol. The van der Waals surface area contributed by atoms with Gasteiger partial charge in [0, 0.05) is 6.54 Å². The lowest BCUT2D eigenvalue weighted by molar-refractivity contribution is -0.146. The number of amides is 2. The third-order valence-corrected chi connectivity index (χ3v) is 1.89. The molecular formula is C9H17N3O4. The van der Waals surface area contributed by atoms with Crippen molar-refractivity contribution in [3.05, 3.63) is 0 Å². The summed E-state index contributed by atoms with van der Waals surface area (Å²) in [5.41, 5.74) is 10.0. The van der Waals surface area contributed by atoms with Gasteiger partial charge in [-0.25, -0.2) is 0 Å². The standard InChI is InChI=1S/C9H17N3O4/c1-6(9(15)16-2)3-12(4-7(10)13)5-8(11)14/h6H,3-5H2,1-2H3,(H2,10,13)(H2,11,14). The highest BCUT2D eigenvalue weighted by Crippen LogP contribution is 2.01. The predicted molar refractivity (Wildman–Crippen MR) is 56.0 cm³/mol. The molecule has 0 aliphatic carbocycles. The molecular weight excluding hydrogens is 214 g/mol. The van der Waals surface area contributed by atoms with Crippen molar-refractivity contribution < 1.29 is 19.1 Å². The first-order valence-corrected chi connectivity index (χ1v) is 4.73. The van der Waals surface area contributed by atoms with E-state index in [0.717, 1.165) is 0 Å². The molecule has 92 valence electrons. The van der Waals surface area contributed by atoms with E-state index in [4.69, 9.17) is 11.5 Å². The molecule has 0 aromatic carbocycles. The summed E-state index contributed by atoms with van der Waals surface area (Å²) in [5.74, 6) is -2.04. The van der Waals surface area contributed by atoms with Crippen molar-refractivity contribution in [1.29, 1.82) is 0 Å². The highest BCUT2D eigenvalue weighted by atomic mass is 16.5. The molecule has 4 N–H and O–H groups in total. The highest BCUT2D eigenvalue weighted by Gasteiger charge is 2.19. The van der Waals surface area contributed by atoms with Crippen LogP contribution in [-0.4, -0.2) is 49.4 Å². The average molecular weight is 231 g/mol. The van der Waals surface area contributed by atoms with Gasteiger partial charge in [-0.2, -0.15) is 0 Å². The molecule has 0 aromatic heterocycles. The van der Waals surface area contributed by atoms with Crippen molar-refractivity contribution in [3.63, 3.8) is 0 Å². The molecule has 0 aliphatic heterocycles. The van der Waals surface area contributed by atoms with Crippen LogP contribution in [0.5, 0.6) is 0 Å². The molecule has 7 nitrogen and oxygen atoms in total. The molecule has 0 aromatic rings. The van der Waals surface area contributed by atoms with Crippen molar-refractivity contribution >= 4 is 17.8 Å². The minimum absolute atomic E-state index is 0.121. The molecule has 0 fully saturated rings. The fourth-order valence-corrected chi connectivity index (χ4v) is 1.29. The van der Waals surface area contributed by atoms with Gasteiger partial charge in [0.25, 0.3) is 0 Å². The van der Waals surface area contributed by atoms with E-state index in [2.05, 4.69) is 4.74 Å². The molecule has 16 heavy (non-hydrogen) atoms. The van der Waals surface area contributed by atoms with E-state index in [0.29, 0.717) is 0 Å². The Morgan fingerprint density at radius 3 is 1.94 bits per heavy atom. The third-order valence-electron chi connectivity index (χ3n) is 1.89. The van der Waals surface area contributed by atoms with E-state index in [1.54, 1.807) is 6.92 Å². The number of esters is 1. The van der Waals surface area contributed by atoms with Gasteiger partial charge in [-0.05, 0) is 0 Å². The normalized spacial score (nSPS) is 12.2. The van der Waals surface area contributed by atoms with Crippen molar-refractivity contribution in [2.75, 3.05) is 26.7 Å². The van der Waals surface area contributed by atoms with E-state index in [9.17, 15) is 14.4 Å². The van der Waals surface area contributed by atoms with Gasteiger partial charge in [0.2, 0.25) is 11.8 Å². The summed E-state index contributed by atoms with van der Waals surface area (Å²) in [6, 6.07) is 0. The summed E-state index contributed by atoms with van der Waals surface area (Å²) in [6.45, 7) is 1.58. The molecule has 2 amide bonds. The van der Waals surface area contributed by atoms with E-state index in [1.165, 1.54) is 12.0 Å². The first kappa shape index (κ1) is 14.4. The second kappa shape index (κ2) is 6.78. The number of nitrogens with zero attached hydrogens (tertiary/aromatic N) is 1. The molecule has 0 bridgehead atoms. The number of rotatable bonds is 7. The Morgan fingerprint density at radius 2 is 1.62 bits per heavy atom. The maximum absolute atomic E-state index is 11.1. The van der Waals surface area contributed by atoms with Gasteiger partial charge in [-0.15, -0.1) is 0 Å². The predicted octanol–water partition coefficient (Wildman–Crippen LogP) is -1.93. The fraction of sp³-hybridized carbons (Fsp3) is 0.667. The second-order valence-electron chi connectivity index (χ2n) is 3.53. The summed E-state index contributed by atoms with van der Waals surface area (Å²) in [6.07, 6.45) is 0. The topological polar surface area (TPSA) is 116 Å². The van der Waals surface area contributed by atoms with Crippen LogP contribution < -0.4 is 11.5 Å². The maximum atomic E-state index is 11.1. The van der Waals surface area contributed by atoms with Gasteiger partial charge in [0.05, 0.1) is 26.1 Å². The maximum Gasteiger partial charge on any atom is 0.309 e. The Bertz CT molecular complexity index is 264. The van der Waals surface area contributed by atoms with Crippen molar-refractivity contribution in [2.45, 2.75) is 6.92 Å². The third kappa shape index (κ3) is 5.97. The van der Waals surface area contributed by atoms with E-state index in [1.807, 2.05) is 0 Å². The fourth-order valence-electron chi connectivity index (χ4n) is 1.29. The first-order valence-electron chi connectivity index (χ1n) is 4.73. The smallest absolute Gasteiger partial charge is 0.309 e. The molecule has 0 rings (SSSR count).